The molecule has 0 spiro atoms. The lowest BCUT2D eigenvalue weighted by atomic mass is 10.0. The van der Waals surface area contributed by atoms with E-state index < -0.39 is 5.60 Å². The summed E-state index contributed by atoms with van der Waals surface area (Å²) in [6, 6.07) is 6.65. The summed E-state index contributed by atoms with van der Waals surface area (Å²) >= 11 is 6.94. The second-order valence-corrected chi connectivity index (χ2v) is 5.75. The van der Waals surface area contributed by atoms with Gasteiger partial charge in [-0.05, 0) is 31.2 Å². The summed E-state index contributed by atoms with van der Waals surface area (Å²) < 4.78 is 5.67. The van der Waals surface area contributed by atoms with Crippen LogP contribution < -0.4 is 5.32 Å². The fourth-order valence-corrected chi connectivity index (χ4v) is 2.41. The molecule has 1 atom stereocenters. The molecule has 0 saturated carbocycles. The number of hydrogen-bond donors (Lipinski definition) is 2. The van der Waals surface area contributed by atoms with E-state index in [1.165, 1.54) is 17.6 Å². The largest absolute Gasteiger partial charge is 0.466 e. The molecule has 0 unspecified atom stereocenters. The lowest BCUT2D eigenvalue weighted by Crippen LogP contribution is -2.38. The van der Waals surface area contributed by atoms with Crippen LogP contribution in [0.15, 0.2) is 34.9 Å². The van der Waals surface area contributed by atoms with E-state index in [1.54, 1.807) is 31.2 Å². The maximum Gasteiger partial charge on any atom is 0.261 e. The van der Waals surface area contributed by atoms with Crippen LogP contribution in [0.2, 0.25) is 4.34 Å². The first-order valence-corrected chi connectivity index (χ1v) is 6.48. The number of hydrogen-bond acceptors (Lipinski definition) is 4. The van der Waals surface area contributed by atoms with Crippen LogP contribution in [0.1, 0.15) is 22.4 Å². The molecule has 0 aliphatic carbocycles. The molecular weight excluding hydrogens is 274 g/mol. The fraction of sp³-hybridized carbons (Fsp3) is 0.250. The average molecular weight is 286 g/mol. The van der Waals surface area contributed by atoms with Gasteiger partial charge in [-0.15, -0.1) is 11.3 Å². The van der Waals surface area contributed by atoms with Crippen molar-refractivity contribution in [3.05, 3.63) is 45.5 Å². The van der Waals surface area contributed by atoms with Crippen LogP contribution in [0.3, 0.4) is 0 Å². The molecule has 0 aliphatic heterocycles. The molecule has 2 rings (SSSR count). The zero-order chi connectivity index (χ0) is 13.2. The zero-order valence-electron chi connectivity index (χ0n) is 9.64. The molecule has 2 aromatic rings. The minimum atomic E-state index is -1.24. The number of nitrogens with one attached hydrogen (secondary N) is 1. The van der Waals surface area contributed by atoms with E-state index in [2.05, 4.69) is 5.32 Å². The van der Waals surface area contributed by atoms with Crippen molar-refractivity contribution in [3.63, 3.8) is 0 Å². The first-order valence-electron chi connectivity index (χ1n) is 5.29. The van der Waals surface area contributed by atoms with Gasteiger partial charge in [0, 0.05) is 0 Å². The standard InChI is InChI=1S/C12H12ClNO3S/c1-12(16,9-3-2-6-17-9)7-14-11(15)8-4-5-10(13)18-8/h2-6,16H,7H2,1H3,(H,14,15)/t12-/m1/s1. The van der Waals surface area contributed by atoms with Gasteiger partial charge in [-0.1, -0.05) is 11.6 Å². The summed E-state index contributed by atoms with van der Waals surface area (Å²) in [5.41, 5.74) is -1.24. The van der Waals surface area contributed by atoms with Crippen LogP contribution in [-0.4, -0.2) is 17.6 Å². The highest BCUT2D eigenvalue weighted by molar-refractivity contribution is 7.17. The van der Waals surface area contributed by atoms with Gasteiger partial charge in [-0.25, -0.2) is 0 Å². The summed E-state index contributed by atoms with van der Waals surface area (Å²) in [6.07, 6.45) is 1.48. The van der Waals surface area contributed by atoms with Crippen molar-refractivity contribution in [3.8, 4) is 0 Å². The summed E-state index contributed by atoms with van der Waals surface area (Å²) in [7, 11) is 0. The molecule has 18 heavy (non-hydrogen) atoms. The van der Waals surface area contributed by atoms with Crippen LogP contribution in [0.5, 0.6) is 0 Å². The minimum Gasteiger partial charge on any atom is -0.466 e. The predicted molar refractivity (Wildman–Crippen MR) is 69.9 cm³/mol. The van der Waals surface area contributed by atoms with Crippen molar-refractivity contribution in [2.45, 2.75) is 12.5 Å². The Hall–Kier alpha value is -1.30. The third-order valence-electron chi connectivity index (χ3n) is 2.44. The van der Waals surface area contributed by atoms with Crippen LogP contribution >= 0.6 is 22.9 Å². The normalized spacial score (nSPS) is 14.2. The Morgan fingerprint density at radius 2 is 2.33 bits per heavy atom. The first-order chi connectivity index (χ1) is 8.49. The monoisotopic (exact) mass is 285 g/mol. The summed E-state index contributed by atoms with van der Waals surface area (Å²) in [4.78, 5) is 12.3. The van der Waals surface area contributed by atoms with E-state index >= 15 is 0 Å². The summed E-state index contributed by atoms with van der Waals surface area (Å²) in [5.74, 6) is 0.144. The molecule has 0 aliphatic rings. The van der Waals surface area contributed by atoms with Gasteiger partial charge in [0.25, 0.3) is 5.91 Å². The molecule has 0 fully saturated rings. The Labute approximate surface area is 113 Å². The quantitative estimate of drug-likeness (QED) is 0.908. The molecule has 2 heterocycles. The van der Waals surface area contributed by atoms with Gasteiger partial charge in [0.15, 0.2) is 0 Å². The third-order valence-corrected chi connectivity index (χ3v) is 3.67. The van der Waals surface area contributed by atoms with Gasteiger partial charge >= 0.3 is 0 Å². The molecule has 1 amide bonds. The summed E-state index contributed by atoms with van der Waals surface area (Å²) in [5, 5.41) is 12.8. The van der Waals surface area contributed by atoms with Gasteiger partial charge in [0.1, 0.15) is 11.4 Å². The Morgan fingerprint density at radius 1 is 1.56 bits per heavy atom. The van der Waals surface area contributed by atoms with Crippen molar-refractivity contribution in [1.29, 1.82) is 0 Å². The Morgan fingerprint density at radius 3 is 2.89 bits per heavy atom. The molecule has 0 saturated heterocycles. The summed E-state index contributed by atoms with van der Waals surface area (Å²) in [6.45, 7) is 1.64. The van der Waals surface area contributed by atoms with E-state index in [-0.39, 0.29) is 12.5 Å². The van der Waals surface area contributed by atoms with Crippen molar-refractivity contribution in [2.24, 2.45) is 0 Å². The Kier molecular flexibility index (Phi) is 3.75. The van der Waals surface area contributed by atoms with Gasteiger partial charge in [-0.2, -0.15) is 0 Å². The SMILES string of the molecule is C[C@@](O)(CNC(=O)c1ccc(Cl)s1)c1ccco1. The number of aliphatic hydroxyl groups is 1. The lowest BCUT2D eigenvalue weighted by Gasteiger charge is -2.20. The molecule has 0 radical (unpaired) electrons. The zero-order valence-corrected chi connectivity index (χ0v) is 11.2. The van der Waals surface area contributed by atoms with Crippen LogP contribution in [0.25, 0.3) is 0 Å². The van der Waals surface area contributed by atoms with Crippen molar-refractivity contribution in [1.82, 2.24) is 5.32 Å². The predicted octanol–water partition coefficient (Wildman–Crippen LogP) is 2.63. The molecule has 4 nitrogen and oxygen atoms in total. The number of carbonyl (C=O) groups excluding carboxylic acids is 1. The van der Waals surface area contributed by atoms with E-state index in [0.717, 1.165) is 0 Å². The highest BCUT2D eigenvalue weighted by Crippen LogP contribution is 2.22. The number of halogens is 1. The molecular formula is C12H12ClNO3S. The van der Waals surface area contributed by atoms with E-state index in [1.807, 2.05) is 0 Å². The van der Waals surface area contributed by atoms with E-state index in [4.69, 9.17) is 16.0 Å². The third kappa shape index (κ3) is 2.93. The Bertz CT molecular complexity index is 533. The number of rotatable bonds is 4. The molecule has 6 heteroatoms. The molecule has 96 valence electrons. The number of furan rings is 1. The van der Waals surface area contributed by atoms with Gasteiger partial charge in [0.2, 0.25) is 0 Å². The van der Waals surface area contributed by atoms with Gasteiger partial charge in [0.05, 0.1) is 22.0 Å². The van der Waals surface area contributed by atoms with Crippen LogP contribution in [0, 0.1) is 0 Å². The molecule has 2 aromatic heterocycles. The van der Waals surface area contributed by atoms with E-state index in [9.17, 15) is 9.90 Å². The highest BCUT2D eigenvalue weighted by atomic mass is 35.5. The fourth-order valence-electron chi connectivity index (χ4n) is 1.45. The van der Waals surface area contributed by atoms with Crippen molar-refractivity contribution in [2.75, 3.05) is 6.54 Å². The average Bonchev–Trinajstić information content (AvgIpc) is 2.96. The maximum absolute atomic E-state index is 11.8. The molecule has 2 N–H and O–H groups in total. The van der Waals surface area contributed by atoms with Crippen LogP contribution in [-0.2, 0) is 5.60 Å². The minimum absolute atomic E-state index is 0.0644. The Balaban J connectivity index is 1.98. The molecule has 0 aromatic carbocycles. The second kappa shape index (κ2) is 5.14. The number of thiophene rings is 1. The topological polar surface area (TPSA) is 62.5 Å². The maximum atomic E-state index is 11.8. The van der Waals surface area contributed by atoms with E-state index in [0.29, 0.717) is 15.0 Å². The second-order valence-electron chi connectivity index (χ2n) is 4.04. The van der Waals surface area contributed by atoms with Crippen molar-refractivity contribution < 1.29 is 14.3 Å². The smallest absolute Gasteiger partial charge is 0.261 e. The molecule has 0 bridgehead atoms. The van der Waals surface area contributed by atoms with Crippen LogP contribution in [0.4, 0.5) is 0 Å². The van der Waals surface area contributed by atoms with Crippen molar-refractivity contribution >= 4 is 28.8 Å². The highest BCUT2D eigenvalue weighted by Gasteiger charge is 2.27. The van der Waals surface area contributed by atoms with Gasteiger partial charge in [-0.3, -0.25) is 4.79 Å². The lowest BCUT2D eigenvalue weighted by molar-refractivity contribution is 0.0331. The first kappa shape index (κ1) is 13.1. The number of amides is 1. The van der Waals surface area contributed by atoms with Gasteiger partial charge < -0.3 is 14.8 Å². The number of carbonyl (C=O) groups is 1.